The first kappa shape index (κ1) is 11.7. The lowest BCUT2D eigenvalue weighted by atomic mass is 10.3. The van der Waals surface area contributed by atoms with Crippen molar-refractivity contribution in [3.8, 4) is 5.13 Å². The zero-order chi connectivity index (χ0) is 13.2. The third kappa shape index (κ3) is 2.04. The molecule has 0 saturated heterocycles. The van der Waals surface area contributed by atoms with Gasteiger partial charge in [-0.05, 0) is 12.1 Å². The summed E-state index contributed by atoms with van der Waals surface area (Å²) in [6, 6.07) is 7.77. The fraction of sp³-hybridized carbons (Fsp3) is 0.0833. The quantitative estimate of drug-likeness (QED) is 0.329. The highest BCUT2D eigenvalue weighted by molar-refractivity contribution is 7.12. The second kappa shape index (κ2) is 4.69. The van der Waals surface area contributed by atoms with Gasteiger partial charge in [-0.1, -0.05) is 17.3 Å². The maximum atomic E-state index is 8.71. The van der Waals surface area contributed by atoms with Crippen LogP contribution in [0.1, 0.15) is 5.82 Å². The Morgan fingerprint density at radius 3 is 3.00 bits per heavy atom. The first-order chi connectivity index (χ1) is 9.29. The fourth-order valence-electron chi connectivity index (χ4n) is 1.93. The molecule has 19 heavy (non-hydrogen) atoms. The number of rotatable bonds is 3. The van der Waals surface area contributed by atoms with E-state index in [1.54, 1.807) is 6.20 Å². The molecule has 0 spiro atoms. The Bertz CT molecular complexity index is 732. The number of imidazole rings is 1. The van der Waals surface area contributed by atoms with Gasteiger partial charge in [-0.2, -0.15) is 0 Å². The van der Waals surface area contributed by atoms with E-state index in [-0.39, 0.29) is 12.3 Å². The number of hydrogen-bond acceptors (Lipinski definition) is 5. The highest BCUT2D eigenvalue weighted by Crippen LogP contribution is 2.23. The molecule has 0 unspecified atom stereocenters. The summed E-state index contributed by atoms with van der Waals surface area (Å²) in [5.74, 6) is 0.819. The molecule has 0 fully saturated rings. The average molecular weight is 273 g/mol. The lowest BCUT2D eigenvalue weighted by Crippen LogP contribution is -2.17. The van der Waals surface area contributed by atoms with Crippen LogP contribution >= 0.6 is 11.3 Å². The van der Waals surface area contributed by atoms with Crippen LogP contribution in [-0.2, 0) is 6.42 Å². The van der Waals surface area contributed by atoms with Gasteiger partial charge in [0.1, 0.15) is 11.7 Å². The minimum atomic E-state index is 0.119. The average Bonchev–Trinajstić information content (AvgIpc) is 3.04. The number of oxime groups is 1. The Labute approximate surface area is 112 Å². The first-order valence-corrected chi connectivity index (χ1v) is 6.50. The molecule has 0 aliphatic carbocycles. The maximum absolute atomic E-state index is 8.71. The summed E-state index contributed by atoms with van der Waals surface area (Å²) in [4.78, 5) is 8.82. The number of amidine groups is 1. The van der Waals surface area contributed by atoms with E-state index >= 15 is 0 Å². The first-order valence-electron chi connectivity index (χ1n) is 5.62. The predicted octanol–water partition coefficient (Wildman–Crippen LogP) is 1.77. The third-order valence-electron chi connectivity index (χ3n) is 2.71. The summed E-state index contributed by atoms with van der Waals surface area (Å²) < 4.78 is 1.93. The van der Waals surface area contributed by atoms with E-state index in [1.165, 1.54) is 11.3 Å². The molecule has 2 heterocycles. The smallest absolute Gasteiger partial charge is 0.195 e. The summed E-state index contributed by atoms with van der Waals surface area (Å²) in [7, 11) is 0. The largest absolute Gasteiger partial charge is 0.409 e. The zero-order valence-electron chi connectivity index (χ0n) is 9.89. The maximum Gasteiger partial charge on any atom is 0.195 e. The van der Waals surface area contributed by atoms with Crippen LogP contribution in [0.2, 0.25) is 0 Å². The molecule has 96 valence electrons. The van der Waals surface area contributed by atoms with Crippen molar-refractivity contribution < 1.29 is 5.21 Å². The normalized spacial score (nSPS) is 12.1. The number of benzene rings is 1. The van der Waals surface area contributed by atoms with E-state index in [0.717, 1.165) is 16.2 Å². The Morgan fingerprint density at radius 2 is 2.26 bits per heavy atom. The summed E-state index contributed by atoms with van der Waals surface area (Å²) in [5, 5.41) is 14.4. The molecular weight excluding hydrogens is 262 g/mol. The van der Waals surface area contributed by atoms with Crippen molar-refractivity contribution in [3.05, 3.63) is 41.7 Å². The Morgan fingerprint density at radius 1 is 1.42 bits per heavy atom. The SMILES string of the molecule is NC(Cc1nc2ccccc2n1-c1nccs1)=NO. The molecule has 3 aromatic rings. The van der Waals surface area contributed by atoms with E-state index in [0.29, 0.717) is 5.82 Å². The van der Waals surface area contributed by atoms with Gasteiger partial charge in [-0.3, -0.25) is 4.57 Å². The standard InChI is InChI=1S/C12H11N5OS/c13-10(16-18)7-11-15-8-3-1-2-4-9(8)17(11)12-14-5-6-19-12/h1-6,18H,7H2,(H2,13,16). The topological polar surface area (TPSA) is 89.3 Å². The molecule has 0 saturated carbocycles. The number of para-hydroxylation sites is 2. The molecule has 0 aliphatic heterocycles. The second-order valence-electron chi connectivity index (χ2n) is 3.93. The van der Waals surface area contributed by atoms with Gasteiger partial charge in [0, 0.05) is 11.6 Å². The molecule has 0 radical (unpaired) electrons. The number of nitrogens with zero attached hydrogens (tertiary/aromatic N) is 4. The molecule has 0 amide bonds. The van der Waals surface area contributed by atoms with Crippen LogP contribution in [-0.4, -0.2) is 25.6 Å². The lowest BCUT2D eigenvalue weighted by Gasteiger charge is -2.04. The monoisotopic (exact) mass is 273 g/mol. The van der Waals surface area contributed by atoms with Crippen molar-refractivity contribution in [2.24, 2.45) is 10.9 Å². The van der Waals surface area contributed by atoms with Gasteiger partial charge in [0.15, 0.2) is 5.13 Å². The highest BCUT2D eigenvalue weighted by Gasteiger charge is 2.14. The van der Waals surface area contributed by atoms with Crippen molar-refractivity contribution in [1.82, 2.24) is 14.5 Å². The fourth-order valence-corrected chi connectivity index (χ4v) is 2.61. The molecule has 3 rings (SSSR count). The Hall–Kier alpha value is -2.41. The summed E-state index contributed by atoms with van der Waals surface area (Å²) in [6.07, 6.45) is 2.01. The molecule has 2 aromatic heterocycles. The van der Waals surface area contributed by atoms with Crippen LogP contribution in [0, 0.1) is 0 Å². The predicted molar refractivity (Wildman–Crippen MR) is 73.9 cm³/mol. The van der Waals surface area contributed by atoms with Gasteiger partial charge in [-0.15, -0.1) is 11.3 Å². The van der Waals surface area contributed by atoms with Gasteiger partial charge in [0.2, 0.25) is 0 Å². The molecular formula is C12H11N5OS. The summed E-state index contributed by atoms with van der Waals surface area (Å²) in [6.45, 7) is 0. The van der Waals surface area contributed by atoms with Crippen LogP contribution in [0.3, 0.4) is 0 Å². The molecule has 7 heteroatoms. The number of aromatic nitrogens is 3. The molecule has 0 bridgehead atoms. The van der Waals surface area contributed by atoms with Gasteiger partial charge in [-0.25, -0.2) is 9.97 Å². The van der Waals surface area contributed by atoms with Crippen molar-refractivity contribution >= 4 is 28.2 Å². The van der Waals surface area contributed by atoms with E-state index < -0.39 is 0 Å². The molecule has 6 nitrogen and oxygen atoms in total. The number of nitrogens with two attached hydrogens (primary N) is 1. The van der Waals surface area contributed by atoms with E-state index in [4.69, 9.17) is 10.9 Å². The summed E-state index contributed by atoms with van der Waals surface area (Å²) >= 11 is 1.51. The van der Waals surface area contributed by atoms with Gasteiger partial charge < -0.3 is 10.9 Å². The molecule has 1 aromatic carbocycles. The van der Waals surface area contributed by atoms with Crippen molar-refractivity contribution in [3.63, 3.8) is 0 Å². The van der Waals surface area contributed by atoms with E-state index in [9.17, 15) is 0 Å². The lowest BCUT2D eigenvalue weighted by molar-refractivity contribution is 0.317. The van der Waals surface area contributed by atoms with Gasteiger partial charge in [0.25, 0.3) is 0 Å². The number of hydrogen-bond donors (Lipinski definition) is 2. The van der Waals surface area contributed by atoms with Crippen LogP contribution < -0.4 is 5.73 Å². The van der Waals surface area contributed by atoms with Crippen molar-refractivity contribution in [2.75, 3.05) is 0 Å². The molecule has 3 N–H and O–H groups in total. The number of fused-ring (bicyclic) bond motifs is 1. The Kier molecular flexibility index (Phi) is 2.88. The van der Waals surface area contributed by atoms with Crippen molar-refractivity contribution in [1.29, 1.82) is 0 Å². The second-order valence-corrected chi connectivity index (χ2v) is 4.81. The molecule has 0 aliphatic rings. The minimum absolute atomic E-state index is 0.119. The number of thiazole rings is 1. The third-order valence-corrected chi connectivity index (χ3v) is 3.47. The highest BCUT2D eigenvalue weighted by atomic mass is 32.1. The van der Waals surface area contributed by atoms with Crippen LogP contribution in [0.25, 0.3) is 16.2 Å². The zero-order valence-corrected chi connectivity index (χ0v) is 10.7. The Balaban J connectivity index is 2.23. The van der Waals surface area contributed by atoms with Crippen LogP contribution in [0.15, 0.2) is 41.0 Å². The molecule has 0 atom stereocenters. The van der Waals surface area contributed by atoms with Crippen molar-refractivity contribution in [2.45, 2.75) is 6.42 Å². The van der Waals surface area contributed by atoms with Gasteiger partial charge in [0.05, 0.1) is 17.5 Å². The van der Waals surface area contributed by atoms with Crippen LogP contribution in [0.5, 0.6) is 0 Å². The van der Waals surface area contributed by atoms with E-state index in [1.807, 2.05) is 34.2 Å². The van der Waals surface area contributed by atoms with E-state index in [2.05, 4.69) is 15.1 Å². The van der Waals surface area contributed by atoms with Gasteiger partial charge >= 0.3 is 0 Å². The van der Waals surface area contributed by atoms with Crippen LogP contribution in [0.4, 0.5) is 0 Å². The summed E-state index contributed by atoms with van der Waals surface area (Å²) in [5.41, 5.74) is 7.40. The minimum Gasteiger partial charge on any atom is -0.409 e.